The van der Waals surface area contributed by atoms with Gasteiger partial charge in [-0.1, -0.05) is 0 Å². The fourth-order valence-corrected chi connectivity index (χ4v) is 0. The van der Waals surface area contributed by atoms with Crippen LogP contribution in [-0.2, 0) is 14.7 Å². The largest absolute Gasteiger partial charge is 0.0149 e. The molecule has 0 aromatic heterocycles. The van der Waals surface area contributed by atoms with Crippen molar-refractivity contribution in [1.82, 2.24) is 0 Å². The standard InChI is InChI=1S/2P.H4Si.Zn/h;;1H4;. The van der Waals surface area contributed by atoms with E-state index in [0.29, 0.717) is 0 Å². The van der Waals surface area contributed by atoms with Crippen molar-refractivity contribution in [1.29, 1.82) is 0 Å². The van der Waals surface area contributed by atoms with Gasteiger partial charge in [0.25, 0.3) is 0 Å². The molecule has 0 atom stereocenters. The first-order valence-electron chi connectivity index (χ1n) is 0.632. The summed E-state index contributed by atoms with van der Waals surface area (Å²) in [6, 6.07) is 0. The molecule has 0 nitrogen and oxygen atoms in total. The summed E-state index contributed by atoms with van der Waals surface area (Å²) in [5, 5.41) is 0. The van der Waals surface area contributed by atoms with Gasteiger partial charge in [0, 0.05) is 0 Å². The first-order valence-corrected chi connectivity index (χ1v) is 9.86. The minimum atomic E-state index is -0.486. The zero-order valence-corrected chi connectivity index (χ0v) is 6.36. The van der Waals surface area contributed by atoms with Crippen LogP contribution in [0.5, 0.6) is 0 Å². The molecule has 0 unspecified atom stereocenters. The maximum atomic E-state index is 3.84. The van der Waals surface area contributed by atoms with Crippen LogP contribution >= 0.6 is 13.8 Å². The minimum Gasteiger partial charge on any atom is -0.0149 e. The quantitative estimate of drug-likeness (QED) is 0.352. The molecule has 0 aliphatic carbocycles. The number of hydrogen-bond acceptors (Lipinski definition) is 0. The third kappa shape index (κ3) is 9.33. The summed E-state index contributed by atoms with van der Waals surface area (Å²) < 4.78 is 0. The van der Waals surface area contributed by atoms with E-state index in [1.807, 2.05) is 0 Å². The molecule has 0 aromatic carbocycles. The van der Waals surface area contributed by atoms with E-state index >= 15 is 0 Å². The zero-order valence-electron chi connectivity index (χ0n) is 1.60. The van der Waals surface area contributed by atoms with Crippen molar-refractivity contribution in [3.05, 3.63) is 0 Å². The van der Waals surface area contributed by atoms with Crippen LogP contribution in [0.1, 0.15) is 0 Å². The molecule has 0 rings (SSSR count). The van der Waals surface area contributed by atoms with Gasteiger partial charge in [0.05, 0.1) is 0 Å². The predicted molar refractivity (Wildman–Crippen MR) is 25.2 cm³/mol. The Bertz CT molecular complexity index is 79.2. The molecule has 0 heterocycles. The van der Waals surface area contributed by atoms with Crippen LogP contribution < -0.4 is 0 Å². The van der Waals surface area contributed by atoms with Crippen molar-refractivity contribution in [2.75, 3.05) is 0 Å². The zero-order chi connectivity index (χ0) is 2.71. The van der Waals surface area contributed by atoms with Crippen LogP contribution in [-0.4, -0.2) is 11.0 Å². The Kier molecular flexibility index (Phi) is 20.3. The normalized spacial score (nSPS) is 4.50. The van der Waals surface area contributed by atoms with Crippen molar-refractivity contribution in [3.8, 4) is 0 Å². The molecule has 0 radical (unpaired) electrons. The topological polar surface area (TPSA) is 0 Å². The molecule has 0 aromatic rings. The van der Waals surface area contributed by atoms with Gasteiger partial charge < -0.3 is 0 Å². The molecule has 0 saturated carbocycles. The summed E-state index contributed by atoms with van der Waals surface area (Å²) in [4.78, 5) is 0. The van der Waals surface area contributed by atoms with Gasteiger partial charge in [0.1, 0.15) is 0 Å². The van der Waals surface area contributed by atoms with Crippen molar-refractivity contribution in [2.24, 2.45) is 0 Å². The Morgan fingerprint density at radius 1 is 1.25 bits per heavy atom. The van der Waals surface area contributed by atoms with Crippen molar-refractivity contribution in [2.45, 2.75) is 0 Å². The van der Waals surface area contributed by atoms with Crippen LogP contribution in [0.15, 0.2) is 0 Å². The van der Waals surface area contributed by atoms with E-state index in [0.717, 1.165) is 0 Å². The van der Waals surface area contributed by atoms with Gasteiger partial charge in [0.2, 0.25) is 0 Å². The van der Waals surface area contributed by atoms with Gasteiger partial charge in [0.15, 0.2) is 0 Å². The van der Waals surface area contributed by atoms with Crippen LogP contribution in [0.4, 0.5) is 0 Å². The second-order valence-corrected chi connectivity index (χ2v) is 6.61. The molecule has 0 spiro atoms. The van der Waals surface area contributed by atoms with Gasteiger partial charge in [-0.15, -0.1) is 0 Å². The first kappa shape index (κ1) is 9.20. The van der Waals surface area contributed by atoms with Crippen LogP contribution in [0.2, 0.25) is 0 Å². The van der Waals surface area contributed by atoms with Crippen molar-refractivity contribution >= 4 is 24.8 Å². The summed E-state index contributed by atoms with van der Waals surface area (Å²) in [5.41, 5.74) is 0. The summed E-state index contributed by atoms with van der Waals surface area (Å²) in [7, 11) is 0. The summed E-state index contributed by atoms with van der Waals surface area (Å²) >= 11 is -0.486. The van der Waals surface area contributed by atoms with Gasteiger partial charge >= 0.3 is 28.5 Å². The fourth-order valence-electron chi connectivity index (χ4n) is 0. The van der Waals surface area contributed by atoms with Crippen LogP contribution in [0.3, 0.4) is 0 Å². The van der Waals surface area contributed by atoms with Gasteiger partial charge in [-0.2, -0.15) is 0 Å². The fraction of sp³-hybridized carbons (Fsp3) is 0. The third-order valence-electron chi connectivity index (χ3n) is 0. The Hall–Kier alpha value is 1.70. The molecule has 0 bridgehead atoms. The van der Waals surface area contributed by atoms with Crippen molar-refractivity contribution < 1.29 is 14.7 Å². The average Bonchev–Trinajstić information content (AvgIpc) is 0.918. The van der Waals surface area contributed by atoms with E-state index < -0.39 is 14.7 Å². The summed E-state index contributed by atoms with van der Waals surface area (Å²) in [6.45, 7) is 7.68. The van der Waals surface area contributed by atoms with Gasteiger partial charge in [-0.05, 0) is 11.0 Å². The molecule has 0 aliphatic heterocycles. The van der Waals surface area contributed by atoms with Crippen LogP contribution in [0, 0.1) is 0 Å². The maximum Gasteiger partial charge on any atom is -0.0149 e. The van der Waals surface area contributed by atoms with Gasteiger partial charge in [-0.3, -0.25) is 0 Å². The van der Waals surface area contributed by atoms with E-state index in [1.165, 1.54) is 0 Å². The van der Waals surface area contributed by atoms with E-state index in [4.69, 9.17) is 0 Å². The molecule has 0 N–H and O–H groups in total. The molecular formula is H4P2SiZn. The Labute approximate surface area is 39.8 Å². The Balaban J connectivity index is 0. The van der Waals surface area contributed by atoms with Gasteiger partial charge in [-0.25, -0.2) is 0 Å². The third-order valence-corrected chi connectivity index (χ3v) is 0. The molecule has 0 saturated heterocycles. The van der Waals surface area contributed by atoms with E-state index in [-0.39, 0.29) is 11.0 Å². The maximum absolute atomic E-state index is 3.84. The smallest absolute Gasteiger partial charge is 0.0149 e. The molecule has 0 aliphatic rings. The average molecular weight is 159 g/mol. The van der Waals surface area contributed by atoms with E-state index in [9.17, 15) is 0 Å². The first-order chi connectivity index (χ1) is 1.41. The second kappa shape index (κ2) is 8.83. The minimum absolute atomic E-state index is 0. The summed E-state index contributed by atoms with van der Waals surface area (Å²) in [6.07, 6.45) is 0. The van der Waals surface area contributed by atoms with Crippen molar-refractivity contribution in [3.63, 3.8) is 0 Å². The molecular weight excluding hydrogens is 155 g/mol. The Morgan fingerprint density at radius 3 is 1.25 bits per heavy atom. The monoisotopic (exact) mass is 158 g/mol. The molecule has 0 fully saturated rings. The SMILES string of the molecule is [P]#[Zn]#[P].[SiH4]. The predicted octanol–water partition coefficient (Wildman–Crippen LogP) is 0.268. The number of rotatable bonds is 0. The second-order valence-electron chi connectivity index (χ2n) is 0.141. The molecule has 4 heavy (non-hydrogen) atoms. The van der Waals surface area contributed by atoms with E-state index in [1.54, 1.807) is 0 Å². The number of hydrogen-bond donors (Lipinski definition) is 0. The summed E-state index contributed by atoms with van der Waals surface area (Å²) in [5.74, 6) is 0. The molecule has 4 heteroatoms. The van der Waals surface area contributed by atoms with E-state index in [2.05, 4.69) is 13.8 Å². The van der Waals surface area contributed by atoms with Crippen LogP contribution in [0.25, 0.3) is 0 Å². The molecule has 0 amide bonds. The molecule has 20 valence electrons. The Morgan fingerprint density at radius 2 is 1.25 bits per heavy atom.